The number of Topliss-reactive ketones (excluding diaryl/α,β-unsaturated/α-hetero) is 1. The molecule has 1 fully saturated rings. The summed E-state index contributed by atoms with van der Waals surface area (Å²) in [5.41, 5.74) is 3.41. The highest BCUT2D eigenvalue weighted by atomic mass is 32.2. The summed E-state index contributed by atoms with van der Waals surface area (Å²) in [5, 5.41) is 2.88. The highest BCUT2D eigenvalue weighted by Gasteiger charge is 2.15. The molecule has 35 heavy (non-hydrogen) atoms. The summed E-state index contributed by atoms with van der Waals surface area (Å²) in [6, 6.07) is 20.2. The van der Waals surface area contributed by atoms with Crippen molar-refractivity contribution in [3.05, 3.63) is 89.5 Å². The number of benzene rings is 3. The summed E-state index contributed by atoms with van der Waals surface area (Å²) < 4.78 is 33.0. The molecule has 3 aromatic rings. The average molecular weight is 494 g/mol. The quantitative estimate of drug-likeness (QED) is 0.466. The lowest BCUT2D eigenvalue weighted by atomic mass is 10.1. The lowest BCUT2D eigenvalue weighted by Gasteiger charge is -2.28. The Hall–Kier alpha value is -3.53. The lowest BCUT2D eigenvalue weighted by molar-refractivity contribution is 0.101. The molecule has 0 atom stereocenters. The first-order valence-electron chi connectivity index (χ1n) is 11.3. The molecule has 0 saturated carbocycles. The van der Waals surface area contributed by atoms with E-state index in [-0.39, 0.29) is 23.1 Å². The second-order valence-corrected chi connectivity index (χ2v) is 9.97. The minimum atomic E-state index is -3.73. The zero-order valence-electron chi connectivity index (χ0n) is 19.4. The number of nitrogens with zero attached hydrogens (tertiary/aromatic N) is 1. The Labute approximate surface area is 205 Å². The first-order valence-corrected chi connectivity index (χ1v) is 12.7. The number of sulfonamides is 1. The molecule has 182 valence electrons. The number of rotatable bonds is 8. The molecule has 1 amide bonds. The van der Waals surface area contributed by atoms with Crippen LogP contribution in [-0.4, -0.2) is 46.4 Å². The molecule has 0 spiro atoms. The Balaban J connectivity index is 1.32. The number of ether oxygens (including phenoxy) is 1. The largest absolute Gasteiger partial charge is 0.378 e. The molecular formula is C26H27N3O5S. The van der Waals surface area contributed by atoms with E-state index in [1.165, 1.54) is 31.2 Å². The summed E-state index contributed by atoms with van der Waals surface area (Å²) in [5.74, 6) is -0.377. The molecule has 1 aliphatic rings. The van der Waals surface area contributed by atoms with Gasteiger partial charge in [0.25, 0.3) is 5.91 Å². The first kappa shape index (κ1) is 24.6. The van der Waals surface area contributed by atoms with Crippen molar-refractivity contribution in [2.75, 3.05) is 36.5 Å². The normalized spacial score (nSPS) is 13.9. The summed E-state index contributed by atoms with van der Waals surface area (Å²) in [7, 11) is -3.73. The molecule has 1 aliphatic heterocycles. The SMILES string of the molecule is CC(=O)c1ccc(S(=O)(=O)NCc2ccc(C(=O)Nc3ccc(N4CCOCC4)cc3)cc2)cc1. The molecule has 4 rings (SSSR count). The third-order valence-electron chi connectivity index (χ3n) is 5.75. The van der Waals surface area contributed by atoms with Crippen LogP contribution in [0.3, 0.4) is 0 Å². The molecule has 3 aromatic carbocycles. The van der Waals surface area contributed by atoms with Gasteiger partial charge in [-0.15, -0.1) is 0 Å². The van der Waals surface area contributed by atoms with Crippen molar-refractivity contribution >= 4 is 33.1 Å². The number of morpholine rings is 1. The standard InChI is InChI=1S/C26H27N3O5S/c1-19(30)21-6-12-25(13-7-21)35(32,33)27-18-20-2-4-22(5-3-20)26(31)28-23-8-10-24(11-9-23)29-14-16-34-17-15-29/h2-13,27H,14-18H2,1H3,(H,28,31). The van der Waals surface area contributed by atoms with E-state index in [0.717, 1.165) is 18.8 Å². The number of nitrogens with one attached hydrogen (secondary N) is 2. The number of carbonyl (C=O) groups excluding carboxylic acids is 2. The van der Waals surface area contributed by atoms with E-state index in [0.29, 0.717) is 35.6 Å². The van der Waals surface area contributed by atoms with Crippen molar-refractivity contribution in [2.45, 2.75) is 18.4 Å². The van der Waals surface area contributed by atoms with Gasteiger partial charge in [0.15, 0.2) is 5.78 Å². The number of anilines is 2. The van der Waals surface area contributed by atoms with Crippen molar-refractivity contribution in [1.82, 2.24) is 4.72 Å². The van der Waals surface area contributed by atoms with Crippen LogP contribution in [0.15, 0.2) is 77.7 Å². The number of amides is 1. The van der Waals surface area contributed by atoms with Gasteiger partial charge in [0.05, 0.1) is 18.1 Å². The van der Waals surface area contributed by atoms with Gasteiger partial charge in [0.1, 0.15) is 0 Å². The highest BCUT2D eigenvalue weighted by Crippen LogP contribution is 2.20. The minimum Gasteiger partial charge on any atom is -0.378 e. The number of carbonyl (C=O) groups is 2. The molecule has 1 heterocycles. The van der Waals surface area contributed by atoms with Gasteiger partial charge in [-0.05, 0) is 61.0 Å². The number of hydrogen-bond acceptors (Lipinski definition) is 6. The Morgan fingerprint density at radius 1 is 0.857 bits per heavy atom. The van der Waals surface area contributed by atoms with E-state index in [9.17, 15) is 18.0 Å². The van der Waals surface area contributed by atoms with E-state index in [1.54, 1.807) is 24.3 Å². The number of hydrogen-bond donors (Lipinski definition) is 2. The topological polar surface area (TPSA) is 105 Å². The fourth-order valence-electron chi connectivity index (χ4n) is 3.68. The van der Waals surface area contributed by atoms with Gasteiger partial charge in [-0.25, -0.2) is 13.1 Å². The van der Waals surface area contributed by atoms with Crippen LogP contribution in [0.5, 0.6) is 0 Å². The van der Waals surface area contributed by atoms with Gasteiger partial charge >= 0.3 is 0 Å². The molecule has 1 saturated heterocycles. The molecule has 0 aromatic heterocycles. The second-order valence-electron chi connectivity index (χ2n) is 8.20. The van der Waals surface area contributed by atoms with Crippen LogP contribution in [0.1, 0.15) is 33.2 Å². The van der Waals surface area contributed by atoms with Crippen LogP contribution in [-0.2, 0) is 21.3 Å². The fourth-order valence-corrected chi connectivity index (χ4v) is 4.70. The van der Waals surface area contributed by atoms with Crippen molar-refractivity contribution in [3.8, 4) is 0 Å². The molecular weight excluding hydrogens is 466 g/mol. The zero-order chi connectivity index (χ0) is 24.8. The molecule has 0 radical (unpaired) electrons. The number of ketones is 1. The van der Waals surface area contributed by atoms with E-state index < -0.39 is 10.0 Å². The predicted octanol–water partition coefficient (Wildman–Crippen LogP) is 3.46. The molecule has 8 nitrogen and oxygen atoms in total. The Morgan fingerprint density at radius 2 is 1.46 bits per heavy atom. The lowest BCUT2D eigenvalue weighted by Crippen LogP contribution is -2.36. The predicted molar refractivity (Wildman–Crippen MR) is 134 cm³/mol. The molecule has 0 bridgehead atoms. The third kappa shape index (κ3) is 6.33. The van der Waals surface area contributed by atoms with Crippen LogP contribution in [0, 0.1) is 0 Å². The Morgan fingerprint density at radius 3 is 2.06 bits per heavy atom. The van der Waals surface area contributed by atoms with Crippen molar-refractivity contribution in [1.29, 1.82) is 0 Å². The van der Waals surface area contributed by atoms with Gasteiger partial charge in [-0.3, -0.25) is 9.59 Å². The molecule has 2 N–H and O–H groups in total. The highest BCUT2D eigenvalue weighted by molar-refractivity contribution is 7.89. The maximum absolute atomic E-state index is 12.6. The maximum Gasteiger partial charge on any atom is 0.255 e. The van der Waals surface area contributed by atoms with E-state index >= 15 is 0 Å². The zero-order valence-corrected chi connectivity index (χ0v) is 20.2. The van der Waals surface area contributed by atoms with Crippen LogP contribution < -0.4 is 14.9 Å². The van der Waals surface area contributed by atoms with Crippen LogP contribution >= 0.6 is 0 Å². The first-order chi connectivity index (χ1) is 16.8. The summed E-state index contributed by atoms with van der Waals surface area (Å²) in [6.45, 7) is 4.62. The smallest absolute Gasteiger partial charge is 0.255 e. The van der Waals surface area contributed by atoms with E-state index in [2.05, 4.69) is 14.9 Å². The van der Waals surface area contributed by atoms with Gasteiger partial charge in [-0.2, -0.15) is 0 Å². The minimum absolute atomic E-state index is 0.0711. The Kier molecular flexibility index (Phi) is 7.60. The van der Waals surface area contributed by atoms with Crippen molar-refractivity contribution in [2.24, 2.45) is 0 Å². The monoisotopic (exact) mass is 493 g/mol. The maximum atomic E-state index is 12.6. The van der Waals surface area contributed by atoms with E-state index in [4.69, 9.17) is 4.74 Å². The molecule has 0 aliphatic carbocycles. The fraction of sp³-hybridized carbons (Fsp3) is 0.231. The van der Waals surface area contributed by atoms with Crippen LogP contribution in [0.25, 0.3) is 0 Å². The average Bonchev–Trinajstić information content (AvgIpc) is 2.89. The van der Waals surface area contributed by atoms with Gasteiger partial charge < -0.3 is 15.0 Å². The second kappa shape index (κ2) is 10.8. The summed E-state index contributed by atoms with van der Waals surface area (Å²) >= 11 is 0. The van der Waals surface area contributed by atoms with Gasteiger partial charge in [-0.1, -0.05) is 24.3 Å². The van der Waals surface area contributed by atoms with Crippen molar-refractivity contribution in [3.63, 3.8) is 0 Å². The van der Waals surface area contributed by atoms with E-state index in [1.807, 2.05) is 24.3 Å². The van der Waals surface area contributed by atoms with Crippen LogP contribution in [0.4, 0.5) is 11.4 Å². The van der Waals surface area contributed by atoms with Gasteiger partial charge in [0.2, 0.25) is 10.0 Å². The van der Waals surface area contributed by atoms with Gasteiger partial charge in [0, 0.05) is 42.1 Å². The molecule has 9 heteroatoms. The summed E-state index contributed by atoms with van der Waals surface area (Å²) in [6.07, 6.45) is 0. The Bertz CT molecular complexity index is 1280. The molecule has 0 unspecified atom stereocenters. The van der Waals surface area contributed by atoms with Crippen LogP contribution in [0.2, 0.25) is 0 Å². The van der Waals surface area contributed by atoms with Crippen molar-refractivity contribution < 1.29 is 22.7 Å². The summed E-state index contributed by atoms with van der Waals surface area (Å²) in [4.78, 5) is 26.3. The third-order valence-corrected chi connectivity index (χ3v) is 7.17.